The largest absolute Gasteiger partial charge is 0.556 e. The predicted molar refractivity (Wildman–Crippen MR) is 25.0 cm³/mol. The monoisotopic (exact) mass is 112 g/mol. The first-order chi connectivity index (χ1) is 3.79. The van der Waals surface area contributed by atoms with E-state index in [2.05, 4.69) is 0 Å². The van der Waals surface area contributed by atoms with Crippen molar-refractivity contribution < 1.29 is 9.46 Å². The topological polar surface area (TPSA) is 42.8 Å². The molecule has 0 saturated carbocycles. The summed E-state index contributed by atoms with van der Waals surface area (Å²) in [4.78, 5) is 10.3. The van der Waals surface area contributed by atoms with Crippen LogP contribution in [0.15, 0.2) is 33.7 Å². The van der Waals surface area contributed by atoms with Crippen molar-refractivity contribution in [3.05, 3.63) is 34.9 Å². The van der Waals surface area contributed by atoms with Crippen LogP contribution in [0.1, 0.15) is 0 Å². The van der Waals surface area contributed by atoms with Crippen LogP contribution in [0.2, 0.25) is 0 Å². The molecular weight excluding hydrogens is 108 g/mol. The highest BCUT2D eigenvalue weighted by Gasteiger charge is 1.82. The van der Waals surface area contributed by atoms with Gasteiger partial charge in [0.1, 0.15) is 0 Å². The zero-order chi connectivity index (χ0) is 5.98. The summed E-state index contributed by atoms with van der Waals surface area (Å²) in [6.45, 7) is 0. The second kappa shape index (κ2) is 1.69. The Morgan fingerprint density at radius 1 is 1.38 bits per heavy atom. The van der Waals surface area contributed by atoms with Gasteiger partial charge in [-0.3, -0.25) is 4.79 Å². The van der Waals surface area contributed by atoms with Gasteiger partial charge in [-0.25, -0.2) is 0 Å². The summed E-state index contributed by atoms with van der Waals surface area (Å²) < 4.78 is 1.26. The molecule has 0 unspecified atom stereocenters. The van der Waals surface area contributed by atoms with Crippen LogP contribution in [-0.2, 0) is 0 Å². The van der Waals surface area contributed by atoms with Gasteiger partial charge in [-0.05, 0) is 0 Å². The summed E-state index contributed by atoms with van der Waals surface area (Å²) in [7, 11) is 0. The van der Waals surface area contributed by atoms with E-state index in [1.807, 2.05) is 0 Å². The minimum atomic E-state index is -0.162. The lowest BCUT2D eigenvalue weighted by molar-refractivity contribution is -0.697. The minimum absolute atomic E-state index is 0.162. The first kappa shape index (κ1) is 4.90. The van der Waals surface area contributed by atoms with Crippen molar-refractivity contribution in [3.63, 3.8) is 0 Å². The molecule has 0 spiro atoms. The zero-order valence-electron chi connectivity index (χ0n) is 4.03. The van der Waals surface area contributed by atoms with Gasteiger partial charge < -0.3 is 9.46 Å². The number of rotatable bonds is 0. The molecule has 42 valence electrons. The minimum Gasteiger partial charge on any atom is -0.556 e. The molecule has 0 N–H and O–H groups in total. The van der Waals surface area contributed by atoms with Crippen molar-refractivity contribution in [2.75, 3.05) is 0 Å². The van der Waals surface area contributed by atoms with Gasteiger partial charge in [-0.1, -0.05) is 0 Å². The molecule has 8 heavy (non-hydrogen) atoms. The van der Waals surface area contributed by atoms with Crippen molar-refractivity contribution in [1.29, 1.82) is 0 Å². The van der Waals surface area contributed by atoms with E-state index in [9.17, 15) is 10.1 Å². The molecule has 1 heterocycles. The highest BCUT2D eigenvalue weighted by Crippen LogP contribution is 1.80. The zero-order valence-corrected chi connectivity index (χ0v) is 4.03. The van der Waals surface area contributed by atoms with Crippen LogP contribution < -0.4 is 10.7 Å². The van der Waals surface area contributed by atoms with Gasteiger partial charge in [0.05, 0.1) is 12.1 Å². The molecule has 0 aliphatic heterocycles. The van der Waals surface area contributed by atoms with Crippen LogP contribution in [0.4, 0.5) is 0 Å². The van der Waals surface area contributed by atoms with Crippen molar-refractivity contribution in [3.8, 4) is 0 Å². The van der Waals surface area contributed by atoms with Crippen molar-refractivity contribution in [2.24, 2.45) is 0 Å². The average molecular weight is 112 g/mol. The fraction of sp³-hybridized carbons (Fsp3) is 0. The third-order valence-corrected chi connectivity index (χ3v) is 0.733. The molecule has 0 aliphatic rings. The summed E-state index contributed by atoms with van der Waals surface area (Å²) >= 11 is 0. The maximum atomic E-state index is 10.3. The van der Waals surface area contributed by atoms with Crippen LogP contribution in [-0.4, -0.2) is 0 Å². The Morgan fingerprint density at radius 2 is 1.88 bits per heavy atom. The van der Waals surface area contributed by atoms with Crippen LogP contribution in [0, 0.1) is 0 Å². The fourth-order valence-corrected chi connectivity index (χ4v) is 0.369. The second-order valence-electron chi connectivity index (χ2n) is 1.34. The van der Waals surface area contributed by atoms with E-state index >= 15 is 0 Å². The van der Waals surface area contributed by atoms with E-state index in [1.54, 1.807) is 0 Å². The lowest BCUT2D eigenvalue weighted by Crippen LogP contribution is -2.02. The molecule has 0 atom stereocenters. The highest BCUT2D eigenvalue weighted by atomic mass is 17.1. The van der Waals surface area contributed by atoms with Gasteiger partial charge in [-0.15, -0.1) is 0 Å². The molecule has 0 aromatic carbocycles. The maximum Gasteiger partial charge on any atom is 0.247 e. The molecule has 0 fully saturated rings. The Bertz CT molecular complexity index is 205. The summed E-state index contributed by atoms with van der Waals surface area (Å²) in [6, 6.07) is 2.36. The van der Waals surface area contributed by atoms with E-state index in [0.29, 0.717) is 0 Å². The molecule has 0 radical (unpaired) electrons. The first-order valence-corrected chi connectivity index (χ1v) is 2.09. The standard InChI is InChI=1S/C5H4O3/c6-5-1-3-8(7)4-2-5/h1-4H. The van der Waals surface area contributed by atoms with Gasteiger partial charge >= 0.3 is 0 Å². The Balaban J connectivity index is 3.22. The summed E-state index contributed by atoms with van der Waals surface area (Å²) in [5.41, 5.74) is -0.162. The van der Waals surface area contributed by atoms with Crippen molar-refractivity contribution in [1.82, 2.24) is 0 Å². The molecule has 1 aromatic rings. The fourth-order valence-electron chi connectivity index (χ4n) is 0.369. The molecule has 3 heteroatoms. The van der Waals surface area contributed by atoms with E-state index in [0.717, 1.165) is 12.5 Å². The quantitative estimate of drug-likeness (QED) is 0.334. The van der Waals surface area contributed by atoms with E-state index in [-0.39, 0.29) is 5.43 Å². The Labute approximate surface area is 45.4 Å². The Hall–Kier alpha value is -1.25. The van der Waals surface area contributed by atoms with Crippen LogP contribution in [0.25, 0.3) is 0 Å². The third kappa shape index (κ3) is 0.872. The van der Waals surface area contributed by atoms with E-state index in [1.165, 1.54) is 16.3 Å². The van der Waals surface area contributed by atoms with Gasteiger partial charge in [0.15, 0.2) is 5.43 Å². The normalized spacial score (nSPS) is 9.00. The SMILES string of the molecule is O=c1cc[o+]([O-])cc1. The van der Waals surface area contributed by atoms with E-state index in [4.69, 9.17) is 0 Å². The smallest absolute Gasteiger partial charge is 0.247 e. The van der Waals surface area contributed by atoms with Crippen LogP contribution in [0.3, 0.4) is 0 Å². The third-order valence-electron chi connectivity index (χ3n) is 0.733. The van der Waals surface area contributed by atoms with Crippen molar-refractivity contribution in [2.45, 2.75) is 0 Å². The van der Waals surface area contributed by atoms with Gasteiger partial charge in [0, 0.05) is 0 Å². The van der Waals surface area contributed by atoms with Crippen molar-refractivity contribution >= 4 is 0 Å². The van der Waals surface area contributed by atoms with Crippen LogP contribution in [0.5, 0.6) is 0 Å². The van der Waals surface area contributed by atoms with Gasteiger partial charge in [0.2, 0.25) is 12.5 Å². The highest BCUT2D eigenvalue weighted by molar-refractivity contribution is 4.87. The molecule has 0 bridgehead atoms. The van der Waals surface area contributed by atoms with Crippen LogP contribution >= 0.6 is 0 Å². The molecule has 0 aliphatic carbocycles. The lowest BCUT2D eigenvalue weighted by atomic mass is 10.5. The van der Waals surface area contributed by atoms with E-state index < -0.39 is 0 Å². The summed E-state index contributed by atoms with van der Waals surface area (Å²) in [6.07, 6.45) is 2.17. The molecule has 1 aromatic heterocycles. The number of hydrogen-bond donors (Lipinski definition) is 0. The lowest BCUT2D eigenvalue weighted by Gasteiger charge is -1.97. The molecule has 0 amide bonds. The average Bonchev–Trinajstić information content (AvgIpc) is 1.77. The predicted octanol–water partition coefficient (Wildman–Crippen LogP) is -0.549. The second-order valence-corrected chi connectivity index (χ2v) is 1.34. The number of hydrogen-bond acceptors (Lipinski definition) is 2. The molecule has 1 rings (SSSR count). The molecular formula is C5H4O3. The Morgan fingerprint density at radius 3 is 2.25 bits per heavy atom. The first-order valence-electron chi connectivity index (χ1n) is 2.09. The molecule has 3 nitrogen and oxygen atoms in total. The van der Waals surface area contributed by atoms with Gasteiger partial charge in [0.25, 0.3) is 0 Å². The summed E-state index contributed by atoms with van der Waals surface area (Å²) in [5, 5.41) is 10.1. The Kier molecular flexibility index (Phi) is 1.04. The van der Waals surface area contributed by atoms with Gasteiger partial charge in [-0.2, -0.15) is 0 Å². The molecule has 0 saturated heterocycles. The maximum absolute atomic E-state index is 10.3. The summed E-state index contributed by atoms with van der Waals surface area (Å²) in [5.74, 6) is 0.